The van der Waals surface area contributed by atoms with Gasteiger partial charge in [0.05, 0.1) is 22.0 Å². The van der Waals surface area contributed by atoms with E-state index in [-0.39, 0.29) is 35.2 Å². The molecule has 0 saturated carbocycles. The van der Waals surface area contributed by atoms with E-state index in [1.807, 2.05) is 0 Å². The summed E-state index contributed by atoms with van der Waals surface area (Å²) < 4.78 is 14.6. The zero-order valence-electron chi connectivity index (χ0n) is 18.0. The van der Waals surface area contributed by atoms with Crippen LogP contribution in [0.15, 0.2) is 36.4 Å². The first-order valence-corrected chi connectivity index (χ1v) is 10.8. The minimum Gasteiger partial charge on any atom is -0.395 e. The number of nitro groups is 1. The van der Waals surface area contributed by atoms with Crippen molar-refractivity contribution in [3.05, 3.63) is 57.9 Å². The molecule has 0 fully saturated rings. The number of amides is 1. The highest BCUT2D eigenvalue weighted by Gasteiger charge is 2.13. The standard InChI is InChI=1S/C23H31FN4O3/c1-2-3-4-5-6-7-8-9-21(29)27-20-15-14-19(22(24)23(20)25)26-16-17-10-12-18(13-11-17)28(30)31/h10-15,26H,2-9,16,25H2,1H3,(H,27,29). The van der Waals surface area contributed by atoms with Gasteiger partial charge < -0.3 is 16.4 Å². The molecule has 0 radical (unpaired) electrons. The summed E-state index contributed by atoms with van der Waals surface area (Å²) in [4.78, 5) is 22.4. The lowest BCUT2D eigenvalue weighted by atomic mass is 10.1. The Bertz CT molecular complexity index is 872. The molecule has 31 heavy (non-hydrogen) atoms. The summed E-state index contributed by atoms with van der Waals surface area (Å²) in [7, 11) is 0. The second-order valence-electron chi connectivity index (χ2n) is 7.58. The van der Waals surface area contributed by atoms with Crippen LogP contribution in [0.2, 0.25) is 0 Å². The Morgan fingerprint density at radius 1 is 1.00 bits per heavy atom. The van der Waals surface area contributed by atoms with Gasteiger partial charge in [-0.3, -0.25) is 14.9 Å². The number of unbranched alkanes of at least 4 members (excludes halogenated alkanes) is 6. The van der Waals surface area contributed by atoms with Gasteiger partial charge in [0, 0.05) is 25.1 Å². The van der Waals surface area contributed by atoms with E-state index in [9.17, 15) is 19.3 Å². The molecular weight excluding hydrogens is 399 g/mol. The van der Waals surface area contributed by atoms with Crippen molar-refractivity contribution in [1.29, 1.82) is 0 Å². The zero-order chi connectivity index (χ0) is 22.6. The summed E-state index contributed by atoms with van der Waals surface area (Å²) in [6.07, 6.45) is 8.22. The van der Waals surface area contributed by atoms with E-state index in [2.05, 4.69) is 17.6 Å². The highest BCUT2D eigenvalue weighted by Crippen LogP contribution is 2.29. The molecule has 0 spiro atoms. The Labute approximate surface area is 182 Å². The lowest BCUT2D eigenvalue weighted by molar-refractivity contribution is -0.384. The van der Waals surface area contributed by atoms with Crippen LogP contribution in [0, 0.1) is 15.9 Å². The first kappa shape index (κ1) is 24.1. The van der Waals surface area contributed by atoms with Crippen molar-refractivity contribution in [2.24, 2.45) is 0 Å². The van der Waals surface area contributed by atoms with E-state index in [1.165, 1.54) is 43.9 Å². The van der Waals surface area contributed by atoms with Crippen LogP contribution < -0.4 is 16.4 Å². The fourth-order valence-electron chi connectivity index (χ4n) is 3.23. The largest absolute Gasteiger partial charge is 0.395 e. The van der Waals surface area contributed by atoms with Gasteiger partial charge in [-0.05, 0) is 24.1 Å². The SMILES string of the molecule is CCCCCCCCCC(=O)Nc1ccc(NCc2ccc([N+](=O)[O-])cc2)c(F)c1N. The Morgan fingerprint density at radius 2 is 1.61 bits per heavy atom. The number of hydrogen-bond acceptors (Lipinski definition) is 5. The van der Waals surface area contributed by atoms with Gasteiger partial charge in [0.15, 0.2) is 5.82 Å². The van der Waals surface area contributed by atoms with Crippen molar-refractivity contribution in [2.75, 3.05) is 16.4 Å². The summed E-state index contributed by atoms with van der Waals surface area (Å²) in [6, 6.07) is 9.08. The van der Waals surface area contributed by atoms with Crippen LogP contribution in [0.5, 0.6) is 0 Å². The van der Waals surface area contributed by atoms with E-state index >= 15 is 0 Å². The highest BCUT2D eigenvalue weighted by atomic mass is 19.1. The van der Waals surface area contributed by atoms with Gasteiger partial charge in [-0.1, -0.05) is 57.6 Å². The lowest BCUT2D eigenvalue weighted by Gasteiger charge is -2.13. The van der Waals surface area contributed by atoms with E-state index in [0.29, 0.717) is 6.42 Å². The van der Waals surface area contributed by atoms with E-state index < -0.39 is 10.7 Å². The van der Waals surface area contributed by atoms with Gasteiger partial charge in [-0.25, -0.2) is 4.39 Å². The monoisotopic (exact) mass is 430 g/mol. The highest BCUT2D eigenvalue weighted by molar-refractivity contribution is 5.94. The van der Waals surface area contributed by atoms with Crippen molar-refractivity contribution in [1.82, 2.24) is 0 Å². The third-order valence-corrected chi connectivity index (χ3v) is 5.09. The van der Waals surface area contributed by atoms with Crippen LogP contribution in [0.3, 0.4) is 0 Å². The van der Waals surface area contributed by atoms with E-state index in [4.69, 9.17) is 5.73 Å². The predicted molar refractivity (Wildman–Crippen MR) is 122 cm³/mol. The molecule has 4 N–H and O–H groups in total. The van der Waals surface area contributed by atoms with Gasteiger partial charge in [-0.15, -0.1) is 0 Å². The molecule has 2 rings (SSSR count). The summed E-state index contributed by atoms with van der Waals surface area (Å²) in [6.45, 7) is 2.46. The first-order chi connectivity index (χ1) is 14.9. The molecule has 8 heteroatoms. The Balaban J connectivity index is 1.82. The number of anilines is 3. The molecule has 0 aromatic heterocycles. The second-order valence-corrected chi connectivity index (χ2v) is 7.58. The molecule has 0 aliphatic carbocycles. The van der Waals surface area contributed by atoms with Gasteiger partial charge in [-0.2, -0.15) is 0 Å². The van der Waals surface area contributed by atoms with Crippen molar-refractivity contribution < 1.29 is 14.1 Å². The maximum Gasteiger partial charge on any atom is 0.269 e. The molecule has 0 heterocycles. The Kier molecular flexibility index (Phi) is 9.74. The Hall–Kier alpha value is -3.16. The second kappa shape index (κ2) is 12.5. The molecule has 1 amide bonds. The van der Waals surface area contributed by atoms with Gasteiger partial charge in [0.2, 0.25) is 5.91 Å². The van der Waals surface area contributed by atoms with Crippen LogP contribution in [0.1, 0.15) is 63.9 Å². The number of nitro benzene ring substituents is 1. The van der Waals surface area contributed by atoms with Gasteiger partial charge >= 0.3 is 0 Å². The summed E-state index contributed by atoms with van der Waals surface area (Å²) in [5, 5.41) is 16.3. The minimum absolute atomic E-state index is 0.00392. The number of rotatable bonds is 13. The molecule has 2 aromatic carbocycles. The summed E-state index contributed by atoms with van der Waals surface area (Å²) >= 11 is 0. The molecule has 0 atom stereocenters. The zero-order valence-corrected chi connectivity index (χ0v) is 18.0. The molecule has 0 unspecified atom stereocenters. The first-order valence-electron chi connectivity index (χ1n) is 10.8. The number of carbonyl (C=O) groups is 1. The molecule has 168 valence electrons. The fourth-order valence-corrected chi connectivity index (χ4v) is 3.23. The maximum absolute atomic E-state index is 14.6. The van der Waals surface area contributed by atoms with Crippen molar-refractivity contribution >= 4 is 28.7 Å². The normalized spacial score (nSPS) is 10.6. The van der Waals surface area contributed by atoms with Crippen molar-refractivity contribution in [3.63, 3.8) is 0 Å². The maximum atomic E-state index is 14.6. The molecule has 0 bridgehead atoms. The summed E-state index contributed by atoms with van der Waals surface area (Å²) in [5.41, 5.74) is 6.96. The number of halogens is 1. The number of non-ortho nitro benzene ring substituents is 1. The molecule has 7 nitrogen and oxygen atoms in total. The minimum atomic E-state index is -0.643. The topological polar surface area (TPSA) is 110 Å². The number of benzene rings is 2. The third kappa shape index (κ3) is 7.88. The number of nitrogens with zero attached hydrogens (tertiary/aromatic N) is 1. The van der Waals surface area contributed by atoms with Gasteiger partial charge in [0.1, 0.15) is 0 Å². The van der Waals surface area contributed by atoms with Crippen molar-refractivity contribution in [3.8, 4) is 0 Å². The Morgan fingerprint density at radius 3 is 2.26 bits per heavy atom. The summed E-state index contributed by atoms with van der Waals surface area (Å²) in [5.74, 6) is -0.818. The average molecular weight is 431 g/mol. The number of carbonyl (C=O) groups excluding carboxylic acids is 1. The van der Waals surface area contributed by atoms with E-state index in [1.54, 1.807) is 18.2 Å². The average Bonchev–Trinajstić information content (AvgIpc) is 2.76. The van der Waals surface area contributed by atoms with Crippen molar-refractivity contribution in [2.45, 2.75) is 64.8 Å². The van der Waals surface area contributed by atoms with Crippen LogP contribution >= 0.6 is 0 Å². The number of nitrogen functional groups attached to an aromatic ring is 1. The lowest BCUT2D eigenvalue weighted by Crippen LogP contribution is -2.14. The number of hydrogen-bond donors (Lipinski definition) is 3. The van der Waals surface area contributed by atoms with Crippen LogP contribution in [0.25, 0.3) is 0 Å². The molecule has 2 aromatic rings. The predicted octanol–water partition coefficient (Wildman–Crippen LogP) is 6.01. The molecule has 0 aliphatic heterocycles. The third-order valence-electron chi connectivity index (χ3n) is 5.09. The quantitative estimate of drug-likeness (QED) is 0.156. The fraction of sp³-hybridized carbons (Fsp3) is 0.435. The molecule has 0 saturated heterocycles. The van der Waals surface area contributed by atoms with Crippen LogP contribution in [-0.4, -0.2) is 10.8 Å². The number of nitrogens with two attached hydrogens (primary N) is 1. The molecule has 0 aliphatic rings. The van der Waals surface area contributed by atoms with Crippen LogP contribution in [0.4, 0.5) is 27.1 Å². The molecular formula is C23H31FN4O3. The van der Waals surface area contributed by atoms with Gasteiger partial charge in [0.25, 0.3) is 5.69 Å². The van der Waals surface area contributed by atoms with E-state index in [0.717, 1.165) is 24.8 Å². The van der Waals surface area contributed by atoms with Crippen LogP contribution in [-0.2, 0) is 11.3 Å². The smallest absolute Gasteiger partial charge is 0.269 e. The number of nitrogens with one attached hydrogen (secondary N) is 2.